The van der Waals surface area contributed by atoms with Crippen LogP contribution in [0.1, 0.15) is 127 Å². The Labute approximate surface area is 263 Å². The first-order valence-corrected chi connectivity index (χ1v) is 17.0. The predicted molar refractivity (Wildman–Crippen MR) is 187 cm³/mol. The second-order valence-corrected chi connectivity index (χ2v) is 14.7. The molecule has 4 aromatic carbocycles. The maximum absolute atomic E-state index is 2.54. The second-order valence-electron chi connectivity index (χ2n) is 14.7. The van der Waals surface area contributed by atoms with Crippen LogP contribution in [-0.4, -0.2) is 0 Å². The predicted octanol–water partition coefficient (Wildman–Crippen LogP) is 11.4. The van der Waals surface area contributed by atoms with E-state index >= 15 is 0 Å². The highest BCUT2D eigenvalue weighted by Crippen LogP contribution is 2.36. The number of benzene rings is 4. The molecule has 5 rings (SSSR count). The van der Waals surface area contributed by atoms with Gasteiger partial charge in [0.1, 0.15) is 0 Å². The molecule has 0 amide bonds. The Morgan fingerprint density at radius 2 is 1.26 bits per heavy atom. The topological polar surface area (TPSA) is 0 Å². The van der Waals surface area contributed by atoms with Gasteiger partial charge in [0.25, 0.3) is 0 Å². The van der Waals surface area contributed by atoms with Gasteiger partial charge in [-0.2, -0.15) is 0 Å². The highest BCUT2D eigenvalue weighted by Gasteiger charge is 2.21. The lowest BCUT2D eigenvalue weighted by Crippen LogP contribution is -2.15. The third-order valence-corrected chi connectivity index (χ3v) is 10.1. The molecule has 0 N–H and O–H groups in total. The molecule has 0 heterocycles. The van der Waals surface area contributed by atoms with Crippen LogP contribution in [0.5, 0.6) is 0 Å². The molecular formula is C43H54. The molecule has 0 spiro atoms. The zero-order chi connectivity index (χ0) is 30.6. The van der Waals surface area contributed by atoms with Crippen molar-refractivity contribution in [1.82, 2.24) is 0 Å². The lowest BCUT2D eigenvalue weighted by atomic mass is 9.78. The van der Waals surface area contributed by atoms with E-state index in [1.807, 2.05) is 0 Å². The molecule has 226 valence electrons. The van der Waals surface area contributed by atoms with Crippen LogP contribution in [0.25, 0.3) is 0 Å². The van der Waals surface area contributed by atoms with Crippen molar-refractivity contribution in [2.75, 3.05) is 0 Å². The fourth-order valence-corrected chi connectivity index (χ4v) is 7.12. The van der Waals surface area contributed by atoms with E-state index in [0.29, 0.717) is 0 Å². The van der Waals surface area contributed by atoms with Gasteiger partial charge in [0.05, 0.1) is 0 Å². The Bertz CT molecular complexity index is 1500. The summed E-state index contributed by atoms with van der Waals surface area (Å²) < 4.78 is 0. The third kappa shape index (κ3) is 8.08. The van der Waals surface area contributed by atoms with Crippen LogP contribution in [0.3, 0.4) is 0 Å². The van der Waals surface area contributed by atoms with Crippen molar-refractivity contribution < 1.29 is 0 Å². The van der Waals surface area contributed by atoms with Gasteiger partial charge in [-0.3, -0.25) is 0 Å². The van der Waals surface area contributed by atoms with E-state index in [-0.39, 0.29) is 5.41 Å². The Kier molecular flexibility index (Phi) is 9.95. The normalized spacial score (nSPS) is 17.3. The van der Waals surface area contributed by atoms with Crippen LogP contribution < -0.4 is 0 Å². The van der Waals surface area contributed by atoms with E-state index in [1.165, 1.54) is 81.3 Å². The number of hydrogen-bond acceptors (Lipinski definition) is 0. The van der Waals surface area contributed by atoms with Crippen LogP contribution in [0, 0.1) is 19.8 Å². The summed E-state index contributed by atoms with van der Waals surface area (Å²) in [5, 5.41) is 0. The van der Waals surface area contributed by atoms with Gasteiger partial charge in [-0.15, -0.1) is 0 Å². The van der Waals surface area contributed by atoms with E-state index in [1.54, 1.807) is 5.56 Å². The summed E-state index contributed by atoms with van der Waals surface area (Å²) in [5.74, 6) is 1.66. The minimum atomic E-state index is 0.106. The third-order valence-electron chi connectivity index (χ3n) is 10.1. The van der Waals surface area contributed by atoms with E-state index in [2.05, 4.69) is 127 Å². The van der Waals surface area contributed by atoms with E-state index in [0.717, 1.165) is 43.9 Å². The summed E-state index contributed by atoms with van der Waals surface area (Å²) in [6.45, 7) is 16.3. The van der Waals surface area contributed by atoms with Gasteiger partial charge in [0.15, 0.2) is 0 Å². The molecule has 1 aliphatic carbocycles. The molecule has 1 aliphatic rings. The molecule has 0 saturated heterocycles. The zero-order valence-corrected chi connectivity index (χ0v) is 28.0. The summed E-state index contributed by atoms with van der Waals surface area (Å²) in [6, 6.07) is 30.9. The lowest BCUT2D eigenvalue weighted by molar-refractivity contribution is 0.348. The molecule has 0 aromatic heterocycles. The molecule has 0 heteroatoms. The van der Waals surface area contributed by atoms with Gasteiger partial charge < -0.3 is 0 Å². The first kappa shape index (κ1) is 31.3. The Hall–Kier alpha value is -3.12. The van der Waals surface area contributed by atoms with Crippen molar-refractivity contribution in [2.45, 2.75) is 118 Å². The molecule has 0 radical (unpaired) electrons. The minimum absolute atomic E-state index is 0.106. The van der Waals surface area contributed by atoms with Gasteiger partial charge in [0, 0.05) is 0 Å². The van der Waals surface area contributed by atoms with Gasteiger partial charge in [-0.1, -0.05) is 132 Å². The standard InChI is InChI=1S/C43H54/c1-8-36-28-39(37-20-11-31(3)12-21-37)24-23-38(36)25-35-16-13-32(4)41(26-35)29-40-22-19-34(27-42(40)43(5,6)7)18-17-33-14-9-30(2)10-15-33/h9-10,13-16,19,22-24,26-28,31,37H,8,11-12,17-18,20-21,25,29H2,1-7H3. The minimum Gasteiger partial charge on any atom is -0.0625 e. The molecule has 0 atom stereocenters. The molecule has 0 unspecified atom stereocenters. The van der Waals surface area contributed by atoms with Crippen molar-refractivity contribution >= 4 is 0 Å². The van der Waals surface area contributed by atoms with Crippen molar-refractivity contribution in [2.24, 2.45) is 5.92 Å². The molecule has 43 heavy (non-hydrogen) atoms. The molecule has 0 aliphatic heterocycles. The molecular weight excluding hydrogens is 516 g/mol. The van der Waals surface area contributed by atoms with Crippen molar-refractivity contribution in [3.05, 3.63) is 140 Å². The monoisotopic (exact) mass is 570 g/mol. The number of hydrogen-bond donors (Lipinski definition) is 0. The van der Waals surface area contributed by atoms with Crippen LogP contribution >= 0.6 is 0 Å². The van der Waals surface area contributed by atoms with Crippen molar-refractivity contribution in [3.8, 4) is 0 Å². The summed E-state index contributed by atoms with van der Waals surface area (Å²) >= 11 is 0. The van der Waals surface area contributed by atoms with Gasteiger partial charge >= 0.3 is 0 Å². The Morgan fingerprint density at radius 3 is 1.95 bits per heavy atom. The van der Waals surface area contributed by atoms with Crippen molar-refractivity contribution in [3.63, 3.8) is 0 Å². The van der Waals surface area contributed by atoms with Gasteiger partial charge in [0.2, 0.25) is 0 Å². The van der Waals surface area contributed by atoms with Crippen LogP contribution in [0.4, 0.5) is 0 Å². The second kappa shape index (κ2) is 13.7. The fourth-order valence-electron chi connectivity index (χ4n) is 7.12. The summed E-state index contributed by atoms with van der Waals surface area (Å²) in [7, 11) is 0. The van der Waals surface area contributed by atoms with Crippen LogP contribution in [0.15, 0.2) is 78.9 Å². The van der Waals surface area contributed by atoms with Gasteiger partial charge in [-0.05, 0) is 132 Å². The number of rotatable bonds is 9. The van der Waals surface area contributed by atoms with E-state index in [4.69, 9.17) is 0 Å². The Morgan fingerprint density at radius 1 is 0.605 bits per heavy atom. The molecule has 1 fully saturated rings. The lowest BCUT2D eigenvalue weighted by Gasteiger charge is -2.27. The Balaban J connectivity index is 1.34. The van der Waals surface area contributed by atoms with Crippen LogP contribution in [0.2, 0.25) is 0 Å². The van der Waals surface area contributed by atoms with E-state index < -0.39 is 0 Å². The highest BCUT2D eigenvalue weighted by molar-refractivity contribution is 5.44. The first-order chi connectivity index (χ1) is 20.6. The summed E-state index contributed by atoms with van der Waals surface area (Å²) in [6.07, 6.45) is 10.8. The largest absolute Gasteiger partial charge is 0.0625 e. The van der Waals surface area contributed by atoms with Crippen molar-refractivity contribution in [1.29, 1.82) is 0 Å². The molecule has 0 bridgehead atoms. The quantitative estimate of drug-likeness (QED) is 0.188. The molecule has 0 nitrogen and oxygen atoms in total. The van der Waals surface area contributed by atoms with E-state index in [9.17, 15) is 0 Å². The molecule has 4 aromatic rings. The SMILES string of the molecule is CCc1cc(C2CCC(C)CC2)ccc1Cc1ccc(C)c(Cc2ccc(CCc3ccc(C)cc3)cc2C(C)(C)C)c1. The molecule has 1 saturated carbocycles. The summed E-state index contributed by atoms with van der Waals surface area (Å²) in [5.41, 5.74) is 16.1. The first-order valence-electron chi connectivity index (χ1n) is 17.0. The maximum Gasteiger partial charge on any atom is -0.00201 e. The highest BCUT2D eigenvalue weighted by atomic mass is 14.3. The van der Waals surface area contributed by atoms with Gasteiger partial charge in [-0.25, -0.2) is 0 Å². The van der Waals surface area contributed by atoms with Crippen LogP contribution in [-0.2, 0) is 37.5 Å². The summed E-state index contributed by atoms with van der Waals surface area (Å²) in [4.78, 5) is 0. The fraction of sp³-hybridized carbons (Fsp3) is 0.442. The smallest absolute Gasteiger partial charge is 0.00201 e. The zero-order valence-electron chi connectivity index (χ0n) is 28.0. The average molecular weight is 571 g/mol. The average Bonchev–Trinajstić information content (AvgIpc) is 2.99. The number of aryl methyl sites for hydroxylation is 5. The maximum atomic E-state index is 2.54.